The number of hydrogen-bond acceptors (Lipinski definition) is 6. The fourth-order valence-corrected chi connectivity index (χ4v) is 3.75. The molecule has 184 valence electrons. The van der Waals surface area contributed by atoms with E-state index in [1.807, 2.05) is 0 Å². The van der Waals surface area contributed by atoms with Gasteiger partial charge >= 0.3 is 12.3 Å². The van der Waals surface area contributed by atoms with E-state index in [0.717, 1.165) is 17.0 Å². The lowest BCUT2D eigenvalue weighted by Gasteiger charge is -2.39. The minimum absolute atomic E-state index is 0.00792. The molecular weight excluding hydrogens is 457 g/mol. The van der Waals surface area contributed by atoms with E-state index in [4.69, 9.17) is 4.74 Å². The van der Waals surface area contributed by atoms with Crippen LogP contribution >= 0.6 is 0 Å². The van der Waals surface area contributed by atoms with Crippen molar-refractivity contribution in [2.45, 2.75) is 37.6 Å². The molecule has 13 heteroatoms. The number of rotatable bonds is 7. The SMILES string of the molecule is CC(=O)NCC1CN(c2cc(F)c(N3CCC(O)(COCC(F)(F)F)CC3)c(F)c2)C(=O)O1. The number of hydrogen-bond donors (Lipinski definition) is 2. The second-order valence-corrected chi connectivity index (χ2v) is 8.13. The van der Waals surface area contributed by atoms with Crippen LogP contribution in [0, 0.1) is 11.6 Å². The molecule has 0 radical (unpaired) electrons. The van der Waals surface area contributed by atoms with Crippen LogP contribution in [0.5, 0.6) is 0 Å². The molecule has 1 aromatic rings. The monoisotopic (exact) mass is 481 g/mol. The molecule has 2 saturated heterocycles. The minimum atomic E-state index is -4.52. The van der Waals surface area contributed by atoms with Gasteiger partial charge in [-0.25, -0.2) is 13.6 Å². The number of alkyl halides is 3. The number of nitrogens with zero attached hydrogens (tertiary/aromatic N) is 2. The smallest absolute Gasteiger partial charge is 0.414 e. The number of nitrogens with one attached hydrogen (secondary N) is 1. The molecule has 2 aliphatic heterocycles. The van der Waals surface area contributed by atoms with E-state index in [0.29, 0.717) is 0 Å². The predicted octanol–water partition coefficient (Wildman–Crippen LogP) is 2.34. The highest BCUT2D eigenvalue weighted by Gasteiger charge is 2.37. The summed E-state index contributed by atoms with van der Waals surface area (Å²) in [5, 5.41) is 12.9. The molecule has 2 aliphatic rings. The van der Waals surface area contributed by atoms with Crippen molar-refractivity contribution in [2.24, 2.45) is 0 Å². The molecule has 0 saturated carbocycles. The summed E-state index contributed by atoms with van der Waals surface area (Å²) >= 11 is 0. The Hall–Kier alpha value is -2.67. The summed E-state index contributed by atoms with van der Waals surface area (Å²) in [4.78, 5) is 25.5. The fourth-order valence-electron chi connectivity index (χ4n) is 3.75. The van der Waals surface area contributed by atoms with E-state index in [1.165, 1.54) is 11.8 Å². The van der Waals surface area contributed by atoms with Crippen LogP contribution in [0.15, 0.2) is 12.1 Å². The summed E-state index contributed by atoms with van der Waals surface area (Å²) in [5.74, 6) is -2.20. The average molecular weight is 481 g/mol. The predicted molar refractivity (Wildman–Crippen MR) is 106 cm³/mol. The summed E-state index contributed by atoms with van der Waals surface area (Å²) < 4.78 is 75.9. The molecule has 1 unspecified atom stereocenters. The van der Waals surface area contributed by atoms with E-state index in [1.54, 1.807) is 0 Å². The number of ether oxygens (including phenoxy) is 2. The number of amides is 2. The average Bonchev–Trinajstić information content (AvgIpc) is 3.07. The van der Waals surface area contributed by atoms with Crippen LogP contribution in [0.1, 0.15) is 19.8 Å². The number of cyclic esters (lactones) is 1. The molecule has 2 fully saturated rings. The lowest BCUT2D eigenvalue weighted by Crippen LogP contribution is -2.48. The van der Waals surface area contributed by atoms with Gasteiger partial charge in [-0.15, -0.1) is 0 Å². The van der Waals surface area contributed by atoms with Gasteiger partial charge in [0.15, 0.2) is 11.6 Å². The third-order valence-electron chi connectivity index (χ3n) is 5.41. The largest absolute Gasteiger partial charge is 0.442 e. The van der Waals surface area contributed by atoms with E-state index < -0.39 is 48.8 Å². The second-order valence-electron chi connectivity index (χ2n) is 8.13. The molecule has 3 rings (SSSR count). The first kappa shape index (κ1) is 25.0. The quantitative estimate of drug-likeness (QED) is 0.581. The summed E-state index contributed by atoms with van der Waals surface area (Å²) in [7, 11) is 0. The Morgan fingerprint density at radius 1 is 1.27 bits per heavy atom. The van der Waals surface area contributed by atoms with Gasteiger partial charge < -0.3 is 24.8 Å². The molecule has 0 bridgehead atoms. The number of piperidine rings is 1. The van der Waals surface area contributed by atoms with E-state index >= 15 is 0 Å². The first-order valence-electron chi connectivity index (χ1n) is 10.2. The van der Waals surface area contributed by atoms with Crippen molar-refractivity contribution in [2.75, 3.05) is 49.2 Å². The zero-order valence-corrected chi connectivity index (χ0v) is 17.8. The van der Waals surface area contributed by atoms with Crippen LogP contribution in [0.3, 0.4) is 0 Å². The standard InChI is InChI=1S/C20H24F5N3O5/c1-12(29)26-8-14-9-28(18(30)33-14)13-6-15(21)17(16(22)7-13)27-4-2-19(31,3-5-27)10-32-11-20(23,24)25/h6-7,14,31H,2-5,8-11H2,1H3,(H,26,29). The van der Waals surface area contributed by atoms with Gasteiger partial charge in [-0.2, -0.15) is 13.2 Å². The Morgan fingerprint density at radius 3 is 2.42 bits per heavy atom. The van der Waals surface area contributed by atoms with Gasteiger partial charge in [-0.1, -0.05) is 0 Å². The maximum absolute atomic E-state index is 14.8. The zero-order chi connectivity index (χ0) is 24.4. The maximum atomic E-state index is 14.8. The van der Waals surface area contributed by atoms with E-state index in [2.05, 4.69) is 10.1 Å². The first-order chi connectivity index (χ1) is 15.4. The van der Waals surface area contributed by atoms with Gasteiger partial charge in [-0.3, -0.25) is 9.69 Å². The molecule has 0 aromatic heterocycles. The van der Waals surface area contributed by atoms with E-state index in [9.17, 15) is 36.6 Å². The summed E-state index contributed by atoms with van der Waals surface area (Å²) in [6.45, 7) is -0.701. The van der Waals surface area contributed by atoms with Crippen molar-refractivity contribution in [3.63, 3.8) is 0 Å². The minimum Gasteiger partial charge on any atom is -0.442 e. The molecular formula is C20H24F5N3O5. The summed E-state index contributed by atoms with van der Waals surface area (Å²) in [5.41, 5.74) is -1.95. The molecule has 2 N–H and O–H groups in total. The molecule has 1 aromatic carbocycles. The van der Waals surface area contributed by atoms with Crippen LogP contribution in [0.25, 0.3) is 0 Å². The molecule has 8 nitrogen and oxygen atoms in total. The summed E-state index contributed by atoms with van der Waals surface area (Å²) in [6, 6.07) is 1.96. The lowest BCUT2D eigenvalue weighted by atomic mass is 9.92. The number of benzene rings is 1. The molecule has 1 atom stereocenters. The van der Waals surface area contributed by atoms with Crippen molar-refractivity contribution >= 4 is 23.4 Å². The maximum Gasteiger partial charge on any atom is 0.414 e. The van der Waals surface area contributed by atoms with Gasteiger partial charge in [0.05, 0.1) is 31.0 Å². The molecule has 2 amide bonds. The number of aliphatic hydroxyl groups is 1. The van der Waals surface area contributed by atoms with Crippen molar-refractivity contribution in [3.05, 3.63) is 23.8 Å². The Bertz CT molecular complexity index is 866. The number of carbonyl (C=O) groups is 2. The lowest BCUT2D eigenvalue weighted by molar-refractivity contribution is -0.188. The third kappa shape index (κ3) is 6.44. The van der Waals surface area contributed by atoms with Crippen LogP contribution < -0.4 is 15.1 Å². The van der Waals surface area contributed by atoms with Crippen LogP contribution in [-0.2, 0) is 14.3 Å². The Kier molecular flexibility index (Phi) is 7.32. The van der Waals surface area contributed by atoms with E-state index in [-0.39, 0.29) is 56.3 Å². The number of carbonyl (C=O) groups excluding carboxylic acids is 2. The van der Waals surface area contributed by atoms with Crippen molar-refractivity contribution in [3.8, 4) is 0 Å². The zero-order valence-electron chi connectivity index (χ0n) is 17.8. The first-order valence-corrected chi connectivity index (χ1v) is 10.2. The highest BCUT2D eigenvalue weighted by Crippen LogP contribution is 2.34. The number of halogens is 5. The van der Waals surface area contributed by atoms with Gasteiger partial charge in [0, 0.05) is 32.1 Å². The van der Waals surface area contributed by atoms with Gasteiger partial charge in [0.25, 0.3) is 0 Å². The second kappa shape index (κ2) is 9.67. The third-order valence-corrected chi connectivity index (χ3v) is 5.41. The normalized spacial score (nSPS) is 20.7. The van der Waals surface area contributed by atoms with Crippen molar-refractivity contribution < 1.29 is 46.1 Å². The van der Waals surface area contributed by atoms with Crippen molar-refractivity contribution in [1.29, 1.82) is 0 Å². The number of anilines is 2. The Balaban J connectivity index is 1.63. The van der Waals surface area contributed by atoms with Crippen molar-refractivity contribution in [1.82, 2.24) is 5.32 Å². The highest BCUT2D eigenvalue weighted by atomic mass is 19.4. The van der Waals surface area contributed by atoms with Crippen LogP contribution in [0.4, 0.5) is 38.1 Å². The van der Waals surface area contributed by atoms with Crippen LogP contribution in [0.2, 0.25) is 0 Å². The fraction of sp³-hybridized carbons (Fsp3) is 0.600. The molecule has 0 spiro atoms. The van der Waals surface area contributed by atoms with Crippen LogP contribution in [-0.4, -0.2) is 74.4 Å². The topological polar surface area (TPSA) is 91.3 Å². The van der Waals surface area contributed by atoms with Gasteiger partial charge in [0.2, 0.25) is 5.91 Å². The van der Waals surface area contributed by atoms with Gasteiger partial charge in [-0.05, 0) is 12.8 Å². The Labute approximate surface area is 186 Å². The van der Waals surface area contributed by atoms with Gasteiger partial charge in [0.1, 0.15) is 18.4 Å². The molecule has 33 heavy (non-hydrogen) atoms. The highest BCUT2D eigenvalue weighted by molar-refractivity contribution is 5.90. The molecule has 0 aliphatic carbocycles. The molecule has 2 heterocycles. The Morgan fingerprint density at radius 2 is 1.88 bits per heavy atom. The summed E-state index contributed by atoms with van der Waals surface area (Å²) in [6.07, 6.45) is -6.09.